The summed E-state index contributed by atoms with van der Waals surface area (Å²) in [6.07, 6.45) is -0.206. The molecule has 0 radical (unpaired) electrons. The number of carboxylic acids is 1. The van der Waals surface area contributed by atoms with Crippen molar-refractivity contribution in [3.63, 3.8) is 0 Å². The number of nitrogens with zero attached hydrogens (tertiary/aromatic N) is 1. The summed E-state index contributed by atoms with van der Waals surface area (Å²) < 4.78 is 0. The lowest BCUT2D eigenvalue weighted by molar-refractivity contribution is -0.136. The number of carbonyl (C=O) groups excluding carboxylic acids is 1. The number of benzene rings is 2. The van der Waals surface area contributed by atoms with Gasteiger partial charge in [0.05, 0.1) is 27.8 Å². The SMILES string of the molecule is CC(=O)N(c1ccccc1CC(=O)O)c1c(Cl)cccc1Cl.Cl. The lowest BCUT2D eigenvalue weighted by Gasteiger charge is -2.25. The molecule has 7 heteroatoms. The van der Waals surface area contributed by atoms with Crippen molar-refractivity contribution in [1.29, 1.82) is 0 Å². The van der Waals surface area contributed by atoms with Gasteiger partial charge in [0, 0.05) is 6.92 Å². The predicted molar refractivity (Wildman–Crippen MR) is 94.3 cm³/mol. The van der Waals surface area contributed by atoms with Crippen LogP contribution in [0.3, 0.4) is 0 Å². The van der Waals surface area contributed by atoms with E-state index in [2.05, 4.69) is 0 Å². The smallest absolute Gasteiger partial charge is 0.307 e. The van der Waals surface area contributed by atoms with Crippen molar-refractivity contribution < 1.29 is 14.7 Å². The summed E-state index contributed by atoms with van der Waals surface area (Å²) in [7, 11) is 0. The van der Waals surface area contributed by atoms with E-state index in [4.69, 9.17) is 28.3 Å². The molecule has 23 heavy (non-hydrogen) atoms. The van der Waals surface area contributed by atoms with Crippen LogP contribution >= 0.6 is 35.6 Å². The molecule has 0 saturated carbocycles. The molecule has 2 aromatic rings. The lowest BCUT2D eigenvalue weighted by atomic mass is 10.1. The zero-order valence-corrected chi connectivity index (χ0v) is 14.5. The minimum Gasteiger partial charge on any atom is -0.481 e. The van der Waals surface area contributed by atoms with Crippen LogP contribution in [-0.2, 0) is 16.0 Å². The number of carbonyl (C=O) groups is 2. The van der Waals surface area contributed by atoms with Crippen molar-refractivity contribution in [2.75, 3.05) is 4.90 Å². The molecule has 0 aliphatic rings. The van der Waals surface area contributed by atoms with Crippen molar-refractivity contribution >= 4 is 58.9 Å². The van der Waals surface area contributed by atoms with Crippen LogP contribution in [0.2, 0.25) is 10.0 Å². The Morgan fingerprint density at radius 2 is 1.61 bits per heavy atom. The van der Waals surface area contributed by atoms with Gasteiger partial charge in [-0.2, -0.15) is 0 Å². The second-order valence-corrected chi connectivity index (χ2v) is 5.44. The van der Waals surface area contributed by atoms with E-state index in [0.29, 0.717) is 27.0 Å². The number of para-hydroxylation sites is 2. The summed E-state index contributed by atoms with van der Waals surface area (Å²) in [6.45, 7) is 1.37. The number of amides is 1. The van der Waals surface area contributed by atoms with E-state index in [9.17, 15) is 9.59 Å². The number of hydrogen-bond donors (Lipinski definition) is 1. The maximum Gasteiger partial charge on any atom is 0.307 e. The summed E-state index contributed by atoms with van der Waals surface area (Å²) in [4.78, 5) is 24.5. The molecule has 2 rings (SSSR count). The fourth-order valence-corrected chi connectivity index (χ4v) is 2.76. The van der Waals surface area contributed by atoms with Gasteiger partial charge in [-0.3, -0.25) is 14.5 Å². The van der Waals surface area contributed by atoms with Crippen LogP contribution < -0.4 is 4.90 Å². The first-order valence-electron chi connectivity index (χ1n) is 6.46. The molecule has 0 heterocycles. The van der Waals surface area contributed by atoms with Crippen molar-refractivity contribution in [3.8, 4) is 0 Å². The molecule has 0 aliphatic carbocycles. The molecule has 0 aliphatic heterocycles. The summed E-state index contributed by atoms with van der Waals surface area (Å²) in [5.74, 6) is -1.30. The van der Waals surface area contributed by atoms with Crippen LogP contribution in [0.15, 0.2) is 42.5 Å². The van der Waals surface area contributed by atoms with Gasteiger partial charge in [-0.15, -0.1) is 12.4 Å². The first-order valence-corrected chi connectivity index (χ1v) is 7.22. The molecule has 122 valence electrons. The van der Waals surface area contributed by atoms with Crippen molar-refractivity contribution in [2.45, 2.75) is 13.3 Å². The lowest BCUT2D eigenvalue weighted by Crippen LogP contribution is -2.25. The molecule has 0 atom stereocenters. The number of carboxylic acid groups (broad SMARTS) is 1. The third-order valence-corrected chi connectivity index (χ3v) is 3.66. The van der Waals surface area contributed by atoms with E-state index < -0.39 is 5.97 Å². The Morgan fingerprint density at radius 3 is 2.13 bits per heavy atom. The maximum atomic E-state index is 12.1. The Balaban J connectivity index is 0.00000264. The molecule has 0 aromatic heterocycles. The molecular formula is C16H14Cl3NO3. The fraction of sp³-hybridized carbons (Fsp3) is 0.125. The van der Waals surface area contributed by atoms with Crippen molar-refractivity contribution in [1.82, 2.24) is 0 Å². The largest absolute Gasteiger partial charge is 0.481 e. The molecule has 1 N–H and O–H groups in total. The van der Waals surface area contributed by atoms with E-state index in [1.54, 1.807) is 42.5 Å². The monoisotopic (exact) mass is 373 g/mol. The zero-order chi connectivity index (χ0) is 16.3. The normalized spacial score (nSPS) is 9.87. The van der Waals surface area contributed by atoms with E-state index in [0.717, 1.165) is 0 Å². The second kappa shape index (κ2) is 8.20. The van der Waals surface area contributed by atoms with E-state index >= 15 is 0 Å². The number of anilines is 2. The summed E-state index contributed by atoms with van der Waals surface area (Å²) >= 11 is 12.4. The zero-order valence-electron chi connectivity index (χ0n) is 12.1. The van der Waals surface area contributed by atoms with Crippen LogP contribution in [0.5, 0.6) is 0 Å². The summed E-state index contributed by atoms with van der Waals surface area (Å²) in [5, 5.41) is 9.66. The molecule has 1 amide bonds. The van der Waals surface area contributed by atoms with Gasteiger partial charge in [0.15, 0.2) is 0 Å². The van der Waals surface area contributed by atoms with Crippen LogP contribution in [0.1, 0.15) is 12.5 Å². The molecule has 2 aromatic carbocycles. The van der Waals surface area contributed by atoms with Gasteiger partial charge in [-0.25, -0.2) is 0 Å². The molecule has 0 fully saturated rings. The molecule has 4 nitrogen and oxygen atoms in total. The molecule has 0 saturated heterocycles. The van der Waals surface area contributed by atoms with Gasteiger partial charge in [0.25, 0.3) is 0 Å². The average molecular weight is 375 g/mol. The van der Waals surface area contributed by atoms with Crippen molar-refractivity contribution in [2.24, 2.45) is 0 Å². The molecule has 0 unspecified atom stereocenters. The Morgan fingerprint density at radius 1 is 1.04 bits per heavy atom. The summed E-state index contributed by atoms with van der Waals surface area (Å²) in [6, 6.07) is 11.7. The minimum atomic E-state index is -0.985. The topological polar surface area (TPSA) is 57.6 Å². The van der Waals surface area contributed by atoms with E-state index in [1.807, 2.05) is 0 Å². The quantitative estimate of drug-likeness (QED) is 0.842. The highest BCUT2D eigenvalue weighted by molar-refractivity contribution is 6.40. The van der Waals surface area contributed by atoms with Crippen LogP contribution in [0.4, 0.5) is 11.4 Å². The number of rotatable bonds is 4. The van der Waals surface area contributed by atoms with Gasteiger partial charge in [0.2, 0.25) is 5.91 Å². The van der Waals surface area contributed by atoms with Gasteiger partial charge in [0.1, 0.15) is 0 Å². The van der Waals surface area contributed by atoms with Gasteiger partial charge >= 0.3 is 5.97 Å². The Kier molecular flexibility index (Phi) is 6.88. The van der Waals surface area contributed by atoms with Crippen LogP contribution in [0, 0.1) is 0 Å². The number of aliphatic carboxylic acids is 1. The first kappa shape index (κ1) is 19.3. The Bertz CT molecular complexity index is 714. The number of halogens is 3. The van der Waals surface area contributed by atoms with E-state index in [-0.39, 0.29) is 24.7 Å². The van der Waals surface area contributed by atoms with Gasteiger partial charge in [-0.1, -0.05) is 47.5 Å². The Labute approximate surface area is 150 Å². The average Bonchev–Trinajstić information content (AvgIpc) is 2.43. The highest BCUT2D eigenvalue weighted by Crippen LogP contribution is 2.39. The number of hydrogen-bond acceptors (Lipinski definition) is 2. The molecular weight excluding hydrogens is 361 g/mol. The van der Waals surface area contributed by atoms with Crippen LogP contribution in [-0.4, -0.2) is 17.0 Å². The second-order valence-electron chi connectivity index (χ2n) is 4.62. The summed E-state index contributed by atoms with van der Waals surface area (Å²) in [5.41, 5.74) is 1.30. The van der Waals surface area contributed by atoms with E-state index in [1.165, 1.54) is 11.8 Å². The standard InChI is InChI=1S/C16H13Cl2NO3.ClH/c1-10(20)19(16-12(17)6-4-7-13(16)18)14-8-3-2-5-11(14)9-15(21)22;/h2-8H,9H2,1H3,(H,21,22);1H. The van der Waals surface area contributed by atoms with Gasteiger partial charge in [-0.05, 0) is 23.8 Å². The molecule has 0 bridgehead atoms. The molecule has 0 spiro atoms. The maximum absolute atomic E-state index is 12.1. The first-order chi connectivity index (χ1) is 10.4. The minimum absolute atomic E-state index is 0. The predicted octanol–water partition coefficient (Wildman–Crippen LogP) is 4.73. The third-order valence-electron chi connectivity index (χ3n) is 3.05. The fourth-order valence-electron chi connectivity index (χ4n) is 2.19. The Hall–Kier alpha value is -1.75. The van der Waals surface area contributed by atoms with Crippen LogP contribution in [0.25, 0.3) is 0 Å². The van der Waals surface area contributed by atoms with Gasteiger partial charge < -0.3 is 5.11 Å². The third kappa shape index (κ3) is 4.38. The highest BCUT2D eigenvalue weighted by atomic mass is 35.5. The highest BCUT2D eigenvalue weighted by Gasteiger charge is 2.22. The van der Waals surface area contributed by atoms with Crippen molar-refractivity contribution in [3.05, 3.63) is 58.1 Å².